The molecule has 0 spiro atoms. The van der Waals surface area contributed by atoms with E-state index in [0.717, 1.165) is 31.9 Å². The van der Waals surface area contributed by atoms with E-state index in [1.54, 1.807) is 19.1 Å². The number of hydrogen-bond acceptors (Lipinski definition) is 3. The van der Waals surface area contributed by atoms with Gasteiger partial charge in [0.1, 0.15) is 0 Å². The van der Waals surface area contributed by atoms with Crippen LogP contribution in [-0.2, 0) is 4.74 Å². The van der Waals surface area contributed by atoms with Gasteiger partial charge >= 0.3 is 5.97 Å². The number of carbonyl (C=O) groups excluding carboxylic acids is 1. The normalized spacial score (nSPS) is 11.1. The van der Waals surface area contributed by atoms with Gasteiger partial charge in [0.15, 0.2) is 0 Å². The monoisotopic (exact) mass is 472 g/mol. The van der Waals surface area contributed by atoms with Crippen molar-refractivity contribution in [3.8, 4) is 5.69 Å². The van der Waals surface area contributed by atoms with E-state index in [9.17, 15) is 4.79 Å². The number of halogens is 1. The zero-order valence-electron chi connectivity index (χ0n) is 15.6. The number of esters is 1. The van der Waals surface area contributed by atoms with Crippen molar-refractivity contribution in [2.75, 3.05) is 6.61 Å². The van der Waals surface area contributed by atoms with E-state index in [0.29, 0.717) is 12.2 Å². The van der Waals surface area contributed by atoms with Crippen LogP contribution in [0.15, 0.2) is 59.6 Å². The zero-order chi connectivity index (χ0) is 19.4. The second kappa shape index (κ2) is 8.52. The minimum absolute atomic E-state index is 0.296. The fourth-order valence-electron chi connectivity index (χ4n) is 2.98. The Morgan fingerprint density at radius 1 is 1.15 bits per heavy atom. The number of benzene rings is 2. The van der Waals surface area contributed by atoms with Gasteiger partial charge in [0.2, 0.25) is 0 Å². The summed E-state index contributed by atoms with van der Waals surface area (Å²) in [4.78, 5) is 16.4. The van der Waals surface area contributed by atoms with Crippen molar-refractivity contribution >= 4 is 40.5 Å². The molecule has 3 rings (SSSR count). The van der Waals surface area contributed by atoms with E-state index in [1.807, 2.05) is 42.6 Å². The molecule has 0 fully saturated rings. The van der Waals surface area contributed by atoms with Gasteiger partial charge in [0, 0.05) is 32.4 Å². The number of aliphatic imine (C=N–C) groups is 1. The van der Waals surface area contributed by atoms with Gasteiger partial charge in [-0.05, 0) is 91.9 Å². The van der Waals surface area contributed by atoms with Crippen LogP contribution < -0.4 is 0 Å². The Morgan fingerprint density at radius 2 is 1.89 bits per heavy atom. The van der Waals surface area contributed by atoms with Crippen LogP contribution in [-0.4, -0.2) is 23.4 Å². The summed E-state index contributed by atoms with van der Waals surface area (Å²) in [5.74, 6) is -0.296. The smallest absolute Gasteiger partial charge is 0.338 e. The Hall–Kier alpha value is -2.41. The first-order chi connectivity index (χ1) is 13.0. The summed E-state index contributed by atoms with van der Waals surface area (Å²) in [6.07, 6.45) is 1.90. The lowest BCUT2D eigenvalue weighted by Crippen LogP contribution is -2.05. The first-order valence-corrected chi connectivity index (χ1v) is 9.83. The summed E-state index contributed by atoms with van der Waals surface area (Å²) < 4.78 is 8.36. The molecule has 0 atom stereocenters. The SMILES string of the molecule is CCOC(=O)c1ccc(-n2c(C)cc(C=Nc3cccc(I)c3)c2C)cc1. The lowest BCUT2D eigenvalue weighted by atomic mass is 10.2. The molecule has 138 valence electrons. The minimum atomic E-state index is -0.296. The Bertz CT molecular complexity index is 988. The highest BCUT2D eigenvalue weighted by Gasteiger charge is 2.11. The van der Waals surface area contributed by atoms with Gasteiger partial charge < -0.3 is 9.30 Å². The molecule has 0 saturated carbocycles. The van der Waals surface area contributed by atoms with Crippen LogP contribution in [0.4, 0.5) is 5.69 Å². The van der Waals surface area contributed by atoms with Gasteiger partial charge in [-0.1, -0.05) is 6.07 Å². The largest absolute Gasteiger partial charge is 0.462 e. The van der Waals surface area contributed by atoms with Crippen LogP contribution in [0.2, 0.25) is 0 Å². The number of carbonyl (C=O) groups is 1. The summed E-state index contributed by atoms with van der Waals surface area (Å²) in [5.41, 5.74) is 5.79. The van der Waals surface area contributed by atoms with Gasteiger partial charge in [0.25, 0.3) is 0 Å². The highest BCUT2D eigenvalue weighted by atomic mass is 127. The van der Waals surface area contributed by atoms with Crippen molar-refractivity contribution in [1.82, 2.24) is 4.57 Å². The molecule has 0 aliphatic rings. The van der Waals surface area contributed by atoms with Crippen molar-refractivity contribution in [3.63, 3.8) is 0 Å². The Kier molecular flexibility index (Phi) is 6.11. The predicted octanol–water partition coefficient (Wildman–Crippen LogP) is 5.63. The van der Waals surface area contributed by atoms with E-state index in [-0.39, 0.29) is 5.97 Å². The second-order valence-electron chi connectivity index (χ2n) is 6.17. The highest BCUT2D eigenvalue weighted by molar-refractivity contribution is 14.1. The Morgan fingerprint density at radius 3 is 2.56 bits per heavy atom. The molecule has 0 radical (unpaired) electrons. The van der Waals surface area contributed by atoms with Crippen LogP contribution in [0.5, 0.6) is 0 Å². The molecule has 0 bridgehead atoms. The average molecular weight is 472 g/mol. The van der Waals surface area contributed by atoms with Crippen LogP contribution in [0, 0.1) is 17.4 Å². The van der Waals surface area contributed by atoms with Gasteiger partial charge in [-0.2, -0.15) is 0 Å². The third-order valence-electron chi connectivity index (χ3n) is 4.27. The summed E-state index contributed by atoms with van der Waals surface area (Å²) in [6, 6.07) is 17.7. The number of hydrogen-bond donors (Lipinski definition) is 0. The van der Waals surface area contributed by atoms with Crippen molar-refractivity contribution in [2.45, 2.75) is 20.8 Å². The van der Waals surface area contributed by atoms with Crippen molar-refractivity contribution in [3.05, 3.63) is 80.7 Å². The summed E-state index contributed by atoms with van der Waals surface area (Å²) >= 11 is 2.28. The Balaban J connectivity index is 1.88. The number of aromatic nitrogens is 1. The molecule has 0 aliphatic heterocycles. The van der Waals surface area contributed by atoms with E-state index in [4.69, 9.17) is 4.74 Å². The van der Waals surface area contributed by atoms with E-state index in [2.05, 4.69) is 52.1 Å². The maximum atomic E-state index is 11.8. The predicted molar refractivity (Wildman–Crippen MR) is 118 cm³/mol. The van der Waals surface area contributed by atoms with Gasteiger partial charge in [-0.15, -0.1) is 0 Å². The van der Waals surface area contributed by atoms with Crippen LogP contribution >= 0.6 is 22.6 Å². The molecule has 0 amide bonds. The van der Waals surface area contributed by atoms with Gasteiger partial charge in [-0.25, -0.2) is 4.79 Å². The van der Waals surface area contributed by atoms with Crippen molar-refractivity contribution in [1.29, 1.82) is 0 Å². The maximum absolute atomic E-state index is 11.8. The number of nitrogens with zero attached hydrogens (tertiary/aromatic N) is 2. The second-order valence-corrected chi connectivity index (χ2v) is 7.41. The van der Waals surface area contributed by atoms with E-state index in [1.165, 1.54) is 0 Å². The third-order valence-corrected chi connectivity index (χ3v) is 4.94. The molecule has 1 heterocycles. The lowest BCUT2D eigenvalue weighted by molar-refractivity contribution is 0.0526. The lowest BCUT2D eigenvalue weighted by Gasteiger charge is -2.10. The van der Waals surface area contributed by atoms with Crippen molar-refractivity contribution < 1.29 is 9.53 Å². The molecule has 4 nitrogen and oxygen atoms in total. The topological polar surface area (TPSA) is 43.6 Å². The van der Waals surface area contributed by atoms with Crippen molar-refractivity contribution in [2.24, 2.45) is 4.99 Å². The number of ether oxygens (including phenoxy) is 1. The molecular weight excluding hydrogens is 451 g/mol. The summed E-state index contributed by atoms with van der Waals surface area (Å²) in [5, 5.41) is 0. The molecule has 27 heavy (non-hydrogen) atoms. The van der Waals surface area contributed by atoms with Crippen LogP contribution in [0.25, 0.3) is 5.69 Å². The van der Waals surface area contributed by atoms with Crippen LogP contribution in [0.1, 0.15) is 34.2 Å². The standard InChI is InChI=1S/C22H21IN2O2/c1-4-27-22(26)17-8-10-21(11-9-17)25-15(2)12-18(16(25)3)14-24-20-7-5-6-19(23)13-20/h5-14H,4H2,1-3H3. The van der Waals surface area contributed by atoms with E-state index >= 15 is 0 Å². The van der Waals surface area contributed by atoms with Gasteiger partial charge in [-0.3, -0.25) is 4.99 Å². The van der Waals surface area contributed by atoms with Gasteiger partial charge in [0.05, 0.1) is 17.9 Å². The fraction of sp³-hybridized carbons (Fsp3) is 0.182. The van der Waals surface area contributed by atoms with Crippen LogP contribution in [0.3, 0.4) is 0 Å². The molecule has 0 saturated heterocycles. The molecule has 0 aliphatic carbocycles. The molecule has 0 N–H and O–H groups in total. The first kappa shape index (κ1) is 19.4. The number of rotatable bonds is 5. The zero-order valence-corrected chi connectivity index (χ0v) is 17.7. The molecule has 3 aromatic rings. The fourth-order valence-corrected chi connectivity index (χ4v) is 3.50. The molecule has 0 unspecified atom stereocenters. The summed E-state index contributed by atoms with van der Waals surface area (Å²) in [7, 11) is 0. The quantitative estimate of drug-likeness (QED) is 0.275. The summed E-state index contributed by atoms with van der Waals surface area (Å²) in [6.45, 7) is 6.31. The highest BCUT2D eigenvalue weighted by Crippen LogP contribution is 2.22. The average Bonchev–Trinajstić information content (AvgIpc) is 2.94. The minimum Gasteiger partial charge on any atom is -0.462 e. The van der Waals surface area contributed by atoms with E-state index < -0.39 is 0 Å². The molecular formula is C22H21IN2O2. The molecule has 5 heteroatoms. The maximum Gasteiger partial charge on any atom is 0.338 e. The third kappa shape index (κ3) is 4.47. The Labute approximate surface area is 173 Å². The number of aryl methyl sites for hydroxylation is 1. The molecule has 1 aromatic heterocycles. The molecule has 2 aromatic carbocycles. The first-order valence-electron chi connectivity index (χ1n) is 8.75.